The Bertz CT molecular complexity index is 1380. The minimum absolute atomic E-state index is 0.00322. The fourth-order valence-electron chi connectivity index (χ4n) is 4.29. The number of halogens is 6. The van der Waals surface area contributed by atoms with Gasteiger partial charge in [-0.05, 0) is 18.1 Å². The molecule has 0 unspecified atom stereocenters. The van der Waals surface area contributed by atoms with Crippen LogP contribution in [0.25, 0.3) is 0 Å². The summed E-state index contributed by atoms with van der Waals surface area (Å²) < 4.78 is 84.4. The number of H-pyrrole nitrogens is 1. The predicted octanol–water partition coefficient (Wildman–Crippen LogP) is 2.77. The molecule has 0 spiro atoms. The number of pyridine rings is 1. The number of hydrogen-bond acceptors (Lipinski definition) is 9. The first-order valence-corrected chi connectivity index (χ1v) is 12.7. The van der Waals surface area contributed by atoms with Crippen LogP contribution in [0.15, 0.2) is 47.9 Å². The molecule has 2 N–H and O–H groups in total. The van der Waals surface area contributed by atoms with Gasteiger partial charge in [-0.1, -0.05) is 6.07 Å². The summed E-state index contributed by atoms with van der Waals surface area (Å²) in [5.41, 5.74) is -3.55. The van der Waals surface area contributed by atoms with Crippen molar-refractivity contribution in [3.8, 4) is 0 Å². The molecule has 1 aliphatic rings. The normalized spacial score (nSPS) is 15.0. The molecule has 3 aromatic heterocycles. The van der Waals surface area contributed by atoms with Gasteiger partial charge in [-0.3, -0.25) is 14.6 Å². The number of aromatic amines is 1. The first kappa shape index (κ1) is 30.7. The molecule has 11 nitrogen and oxygen atoms in total. The number of nitrogens with zero attached hydrogens (tertiary/aromatic N) is 6. The predicted molar refractivity (Wildman–Crippen MR) is 136 cm³/mol. The lowest BCUT2D eigenvalue weighted by Crippen LogP contribution is -2.49. The van der Waals surface area contributed by atoms with Crippen LogP contribution in [0.5, 0.6) is 0 Å². The number of aromatic nitrogens is 5. The van der Waals surface area contributed by atoms with Gasteiger partial charge in [-0.15, -0.1) is 0 Å². The Balaban J connectivity index is 1.29. The van der Waals surface area contributed by atoms with Crippen molar-refractivity contribution < 1.29 is 35.9 Å². The lowest BCUT2D eigenvalue weighted by Gasteiger charge is -2.34. The van der Waals surface area contributed by atoms with Crippen LogP contribution in [-0.4, -0.2) is 81.4 Å². The fourth-order valence-corrected chi connectivity index (χ4v) is 4.29. The average molecular weight is 601 g/mol. The number of hydrogen-bond donors (Lipinski definition) is 2. The summed E-state index contributed by atoms with van der Waals surface area (Å²) in [6.07, 6.45) is -3.86. The molecular formula is C25H26F6N8O3. The van der Waals surface area contributed by atoms with E-state index in [0.717, 1.165) is 6.20 Å². The summed E-state index contributed by atoms with van der Waals surface area (Å²) in [7, 11) is 0. The Morgan fingerprint density at radius 1 is 1.02 bits per heavy atom. The minimum atomic E-state index is -4.92. The molecule has 4 heterocycles. The standard InChI is InChI=1S/C25H26F6N8O3/c26-24(27,28)17-12-33-23(34-13-17)39-7-5-38(6-8-39)20(40)3-9-42-15-18(10-16-2-1-4-32-11-16)36-19-14-35-37-22(41)21(19)25(29,30)31/h1-2,4,11-14,18H,3,5-10,15H2,(H2,36,37,41)/t18-/m0/s1. The second-order valence-corrected chi connectivity index (χ2v) is 9.35. The van der Waals surface area contributed by atoms with Crippen molar-refractivity contribution in [3.63, 3.8) is 0 Å². The highest BCUT2D eigenvalue weighted by Crippen LogP contribution is 2.32. The van der Waals surface area contributed by atoms with Gasteiger partial charge in [0.1, 0.15) is 5.56 Å². The van der Waals surface area contributed by atoms with Crippen LogP contribution in [0, 0.1) is 0 Å². The zero-order chi connectivity index (χ0) is 30.3. The van der Waals surface area contributed by atoms with Crippen LogP contribution in [0.4, 0.5) is 38.0 Å². The largest absolute Gasteiger partial charge is 0.423 e. The quantitative estimate of drug-likeness (QED) is 0.267. The van der Waals surface area contributed by atoms with Crippen molar-refractivity contribution in [3.05, 3.63) is 70.2 Å². The molecule has 1 saturated heterocycles. The molecule has 0 saturated carbocycles. The zero-order valence-electron chi connectivity index (χ0n) is 22.0. The third-order valence-electron chi connectivity index (χ3n) is 6.36. The van der Waals surface area contributed by atoms with Crippen molar-refractivity contribution in [2.45, 2.75) is 31.2 Å². The van der Waals surface area contributed by atoms with Gasteiger partial charge in [0.25, 0.3) is 5.56 Å². The highest BCUT2D eigenvalue weighted by molar-refractivity contribution is 5.76. The second kappa shape index (κ2) is 13.1. The number of ether oxygens (including phenoxy) is 1. The van der Waals surface area contributed by atoms with E-state index in [0.29, 0.717) is 44.1 Å². The Kier molecular flexibility index (Phi) is 9.59. The first-order valence-electron chi connectivity index (χ1n) is 12.7. The summed E-state index contributed by atoms with van der Waals surface area (Å²) in [5.74, 6) is -0.0900. The maximum absolute atomic E-state index is 13.5. The fraction of sp³-hybridized carbons (Fsp3) is 0.440. The van der Waals surface area contributed by atoms with E-state index in [-0.39, 0.29) is 37.9 Å². The van der Waals surface area contributed by atoms with Crippen LogP contribution in [0.2, 0.25) is 0 Å². The van der Waals surface area contributed by atoms with Crippen LogP contribution in [0.3, 0.4) is 0 Å². The third kappa shape index (κ3) is 8.14. The van der Waals surface area contributed by atoms with E-state index in [1.54, 1.807) is 39.4 Å². The summed E-state index contributed by atoms with van der Waals surface area (Å²) >= 11 is 0. The van der Waals surface area contributed by atoms with Crippen molar-refractivity contribution in [1.29, 1.82) is 0 Å². The maximum Gasteiger partial charge on any atom is 0.423 e. The van der Waals surface area contributed by atoms with E-state index in [2.05, 4.69) is 25.4 Å². The second-order valence-electron chi connectivity index (χ2n) is 9.35. The number of carbonyl (C=O) groups excluding carboxylic acids is 1. The molecule has 1 atom stereocenters. The van der Waals surface area contributed by atoms with Crippen LogP contribution < -0.4 is 15.8 Å². The van der Waals surface area contributed by atoms with Gasteiger partial charge in [-0.25, -0.2) is 15.1 Å². The van der Waals surface area contributed by atoms with Gasteiger partial charge in [0.2, 0.25) is 11.9 Å². The molecule has 1 aliphatic heterocycles. The maximum atomic E-state index is 13.5. The molecule has 226 valence electrons. The first-order chi connectivity index (χ1) is 19.9. The average Bonchev–Trinajstić information content (AvgIpc) is 2.95. The summed E-state index contributed by atoms with van der Waals surface area (Å²) in [6, 6.07) is 2.69. The van der Waals surface area contributed by atoms with Gasteiger partial charge in [0.15, 0.2) is 0 Å². The van der Waals surface area contributed by atoms with Crippen LogP contribution >= 0.6 is 0 Å². The smallest absolute Gasteiger partial charge is 0.379 e. The van der Waals surface area contributed by atoms with E-state index in [9.17, 15) is 35.9 Å². The molecular weight excluding hydrogens is 574 g/mol. The minimum Gasteiger partial charge on any atom is -0.379 e. The molecule has 1 amide bonds. The third-order valence-corrected chi connectivity index (χ3v) is 6.36. The number of rotatable bonds is 10. The Morgan fingerprint density at radius 3 is 2.36 bits per heavy atom. The topological polar surface area (TPSA) is 129 Å². The zero-order valence-corrected chi connectivity index (χ0v) is 22.0. The number of carbonyl (C=O) groups is 1. The van der Waals surface area contributed by atoms with E-state index < -0.39 is 40.8 Å². The SMILES string of the molecule is O=C(CCOC[C@H](Cc1cccnc1)Nc1cn[nH]c(=O)c1C(F)(F)F)N1CCN(c2ncc(C(F)(F)F)cn2)CC1. The summed E-state index contributed by atoms with van der Waals surface area (Å²) in [4.78, 5) is 39.3. The van der Waals surface area contributed by atoms with E-state index in [1.807, 2.05) is 0 Å². The molecule has 3 aromatic rings. The summed E-state index contributed by atoms with van der Waals surface area (Å²) in [5, 5.41) is 7.95. The molecule has 17 heteroatoms. The van der Waals surface area contributed by atoms with Gasteiger partial charge >= 0.3 is 12.4 Å². The molecule has 1 fully saturated rings. The van der Waals surface area contributed by atoms with E-state index in [1.165, 1.54) is 0 Å². The Hall–Kier alpha value is -4.28. The van der Waals surface area contributed by atoms with Crippen molar-refractivity contribution >= 4 is 17.5 Å². The van der Waals surface area contributed by atoms with E-state index in [4.69, 9.17) is 4.74 Å². The molecule has 0 bridgehead atoms. The Morgan fingerprint density at radius 2 is 1.74 bits per heavy atom. The van der Waals surface area contributed by atoms with Gasteiger partial charge in [0, 0.05) is 51.0 Å². The van der Waals surface area contributed by atoms with E-state index >= 15 is 0 Å². The highest BCUT2D eigenvalue weighted by Gasteiger charge is 2.38. The number of anilines is 2. The van der Waals surface area contributed by atoms with Crippen molar-refractivity contribution in [2.24, 2.45) is 0 Å². The number of nitrogens with one attached hydrogen (secondary N) is 2. The lowest BCUT2D eigenvalue weighted by atomic mass is 10.1. The Labute approximate surface area is 234 Å². The summed E-state index contributed by atoms with van der Waals surface area (Å²) in [6.45, 7) is 1.12. The van der Waals surface area contributed by atoms with Crippen LogP contribution in [-0.2, 0) is 28.3 Å². The van der Waals surface area contributed by atoms with Crippen molar-refractivity contribution in [2.75, 3.05) is 49.6 Å². The van der Waals surface area contributed by atoms with Gasteiger partial charge in [-0.2, -0.15) is 31.4 Å². The monoisotopic (exact) mass is 600 g/mol. The highest BCUT2D eigenvalue weighted by atomic mass is 19.4. The number of piperazine rings is 1. The van der Waals surface area contributed by atoms with Crippen molar-refractivity contribution in [1.82, 2.24) is 30.0 Å². The number of amides is 1. The number of alkyl halides is 6. The molecule has 4 rings (SSSR count). The van der Waals surface area contributed by atoms with Gasteiger partial charge < -0.3 is 19.9 Å². The molecule has 0 aliphatic carbocycles. The van der Waals surface area contributed by atoms with Gasteiger partial charge in [0.05, 0.1) is 43.1 Å². The lowest BCUT2D eigenvalue weighted by molar-refractivity contribution is -0.139. The van der Waals surface area contributed by atoms with Crippen LogP contribution in [0.1, 0.15) is 23.1 Å². The molecule has 42 heavy (non-hydrogen) atoms. The molecule has 0 radical (unpaired) electrons. The molecule has 0 aromatic carbocycles.